The molecule has 2 rings (SSSR count). The van der Waals surface area contributed by atoms with Crippen LogP contribution in [0.1, 0.15) is 11.1 Å². The second-order valence-corrected chi connectivity index (χ2v) is 6.12. The highest BCUT2D eigenvalue weighted by atomic mass is 35.5. The fraction of sp³-hybridized carbons (Fsp3) is 0.316. The van der Waals surface area contributed by atoms with Crippen LogP contribution < -0.4 is 9.47 Å². The van der Waals surface area contributed by atoms with Crippen LogP contribution in [0.5, 0.6) is 17.2 Å². The first-order valence-corrected chi connectivity index (χ1v) is 8.32. The summed E-state index contributed by atoms with van der Waals surface area (Å²) >= 11 is 5.77. The molecule has 0 aliphatic rings. The molecule has 0 fully saturated rings. The molecule has 7 heteroatoms. The van der Waals surface area contributed by atoms with E-state index in [1.54, 1.807) is 30.3 Å². The Kier molecular flexibility index (Phi) is 7.12. The number of rotatable bonds is 8. The zero-order chi connectivity index (χ0) is 19.1. The van der Waals surface area contributed by atoms with Gasteiger partial charge < -0.3 is 24.4 Å². The second kappa shape index (κ2) is 9.31. The molecule has 0 radical (unpaired) electrons. The van der Waals surface area contributed by atoms with Crippen molar-refractivity contribution in [1.29, 1.82) is 0 Å². The number of phenols is 1. The van der Waals surface area contributed by atoms with Crippen LogP contribution in [0.3, 0.4) is 0 Å². The lowest BCUT2D eigenvalue weighted by Gasteiger charge is -2.13. The minimum atomic E-state index is -0.934. The van der Waals surface area contributed by atoms with Gasteiger partial charge in [-0.25, -0.2) is 0 Å². The summed E-state index contributed by atoms with van der Waals surface area (Å²) in [7, 11) is 3.05. The Morgan fingerprint density at radius 1 is 1.12 bits per heavy atom. The Morgan fingerprint density at radius 3 is 2.50 bits per heavy atom. The van der Waals surface area contributed by atoms with Gasteiger partial charge in [0.05, 0.1) is 26.7 Å². The van der Waals surface area contributed by atoms with Crippen molar-refractivity contribution in [3.63, 3.8) is 0 Å². The first kappa shape index (κ1) is 19.9. The van der Waals surface area contributed by atoms with Gasteiger partial charge in [-0.15, -0.1) is 0 Å². The van der Waals surface area contributed by atoms with Crippen LogP contribution in [0.15, 0.2) is 36.4 Å². The van der Waals surface area contributed by atoms with Crippen molar-refractivity contribution < 1.29 is 29.2 Å². The number of carbonyl (C=O) groups is 1. The van der Waals surface area contributed by atoms with Crippen LogP contribution in [0.2, 0.25) is 5.02 Å². The minimum Gasteiger partial charge on any atom is -0.508 e. The fourth-order valence-electron chi connectivity index (χ4n) is 2.42. The number of aromatic hydroxyl groups is 1. The smallest absolute Gasteiger partial charge is 0.310 e. The summed E-state index contributed by atoms with van der Waals surface area (Å²) in [5, 5.41) is 20.2. The number of halogens is 1. The first-order chi connectivity index (χ1) is 12.4. The summed E-state index contributed by atoms with van der Waals surface area (Å²) in [6.45, 7) is -0.172. The van der Waals surface area contributed by atoms with Crippen molar-refractivity contribution in [3.05, 3.63) is 52.5 Å². The van der Waals surface area contributed by atoms with E-state index in [1.807, 2.05) is 0 Å². The summed E-state index contributed by atoms with van der Waals surface area (Å²) in [4.78, 5) is 12.0. The molecule has 0 aliphatic carbocycles. The second-order valence-electron chi connectivity index (χ2n) is 5.68. The van der Waals surface area contributed by atoms with Crippen LogP contribution in [-0.2, 0) is 22.4 Å². The van der Waals surface area contributed by atoms with Crippen molar-refractivity contribution in [3.8, 4) is 17.2 Å². The number of benzene rings is 2. The molecule has 2 aromatic rings. The van der Waals surface area contributed by atoms with Crippen molar-refractivity contribution in [2.75, 3.05) is 20.8 Å². The lowest BCUT2D eigenvalue weighted by molar-refractivity contribution is -0.145. The molecular weight excluding hydrogens is 360 g/mol. The molecule has 0 unspecified atom stereocenters. The number of carbonyl (C=O) groups excluding carboxylic acids is 1. The number of esters is 1. The van der Waals surface area contributed by atoms with E-state index in [0.29, 0.717) is 27.6 Å². The van der Waals surface area contributed by atoms with Gasteiger partial charge in [-0.3, -0.25) is 4.79 Å². The molecule has 0 amide bonds. The van der Waals surface area contributed by atoms with E-state index in [1.165, 1.54) is 20.3 Å². The van der Waals surface area contributed by atoms with Gasteiger partial charge in [-0.1, -0.05) is 23.7 Å². The largest absolute Gasteiger partial charge is 0.508 e. The SMILES string of the molecule is COc1ccc(CC(=O)OC[C@H](O)Cc2ccc(Cl)cc2O)cc1OC. The first-order valence-electron chi connectivity index (χ1n) is 7.95. The summed E-state index contributed by atoms with van der Waals surface area (Å²) in [5.41, 5.74) is 1.23. The molecule has 0 aliphatic heterocycles. The van der Waals surface area contributed by atoms with E-state index in [9.17, 15) is 15.0 Å². The molecule has 2 N–H and O–H groups in total. The van der Waals surface area contributed by atoms with Gasteiger partial charge in [0, 0.05) is 11.4 Å². The maximum absolute atomic E-state index is 12.0. The predicted molar refractivity (Wildman–Crippen MR) is 97.0 cm³/mol. The average Bonchev–Trinajstić information content (AvgIpc) is 2.62. The van der Waals surface area contributed by atoms with Crippen LogP contribution in [0, 0.1) is 0 Å². The number of methoxy groups -OCH3 is 2. The van der Waals surface area contributed by atoms with E-state index >= 15 is 0 Å². The highest BCUT2D eigenvalue weighted by molar-refractivity contribution is 6.30. The molecule has 1 atom stereocenters. The Hall–Kier alpha value is -2.44. The molecular formula is C19H21ClO6. The molecule has 0 heterocycles. The number of hydrogen-bond donors (Lipinski definition) is 2. The Balaban J connectivity index is 1.86. The zero-order valence-corrected chi connectivity index (χ0v) is 15.3. The summed E-state index contributed by atoms with van der Waals surface area (Å²) in [6.07, 6.45) is -0.747. The molecule has 0 spiro atoms. The van der Waals surface area contributed by atoms with Crippen molar-refractivity contribution in [2.24, 2.45) is 0 Å². The number of hydrogen-bond acceptors (Lipinski definition) is 6. The van der Waals surface area contributed by atoms with Gasteiger partial charge in [0.15, 0.2) is 11.5 Å². The quantitative estimate of drug-likeness (QED) is 0.685. The Bertz CT molecular complexity index is 762. The van der Waals surface area contributed by atoms with Gasteiger partial charge >= 0.3 is 5.97 Å². The lowest BCUT2D eigenvalue weighted by atomic mass is 10.1. The topological polar surface area (TPSA) is 85.2 Å². The summed E-state index contributed by atoms with van der Waals surface area (Å²) < 4.78 is 15.4. The maximum Gasteiger partial charge on any atom is 0.310 e. The normalized spacial score (nSPS) is 11.7. The molecule has 2 aromatic carbocycles. The lowest BCUT2D eigenvalue weighted by Crippen LogP contribution is -2.21. The van der Waals surface area contributed by atoms with Crippen molar-refractivity contribution in [1.82, 2.24) is 0 Å². The van der Waals surface area contributed by atoms with Crippen molar-refractivity contribution in [2.45, 2.75) is 18.9 Å². The third-order valence-corrected chi connectivity index (χ3v) is 3.97. The number of aliphatic hydroxyl groups excluding tert-OH is 1. The van der Waals surface area contributed by atoms with E-state index in [2.05, 4.69) is 0 Å². The van der Waals surface area contributed by atoms with Gasteiger partial charge in [0.2, 0.25) is 0 Å². The molecule has 0 saturated heterocycles. The number of ether oxygens (including phenoxy) is 3. The van der Waals surface area contributed by atoms with Crippen molar-refractivity contribution >= 4 is 17.6 Å². The van der Waals surface area contributed by atoms with Crippen LogP contribution in [0.25, 0.3) is 0 Å². The third-order valence-electron chi connectivity index (χ3n) is 3.74. The predicted octanol–water partition coefficient (Wildman–Crippen LogP) is 2.75. The van der Waals surface area contributed by atoms with Crippen LogP contribution >= 0.6 is 11.6 Å². The fourth-order valence-corrected chi connectivity index (χ4v) is 2.59. The van der Waals surface area contributed by atoms with Gasteiger partial charge in [-0.2, -0.15) is 0 Å². The van der Waals surface area contributed by atoms with Gasteiger partial charge in [0.25, 0.3) is 0 Å². The van der Waals surface area contributed by atoms with Crippen LogP contribution in [0.4, 0.5) is 0 Å². The third kappa shape index (κ3) is 5.54. The molecule has 0 bridgehead atoms. The van der Waals surface area contributed by atoms with Gasteiger partial charge in [0.1, 0.15) is 12.4 Å². The van der Waals surface area contributed by atoms with E-state index in [-0.39, 0.29) is 25.2 Å². The summed E-state index contributed by atoms with van der Waals surface area (Å²) in [5.74, 6) is 0.615. The minimum absolute atomic E-state index is 0.00629. The highest BCUT2D eigenvalue weighted by Crippen LogP contribution is 2.28. The molecule has 26 heavy (non-hydrogen) atoms. The maximum atomic E-state index is 12.0. The molecule has 6 nitrogen and oxygen atoms in total. The Labute approximate surface area is 156 Å². The molecule has 0 saturated carbocycles. The van der Waals surface area contributed by atoms with Crippen LogP contribution in [-0.4, -0.2) is 43.1 Å². The van der Waals surface area contributed by atoms with E-state index in [4.69, 9.17) is 25.8 Å². The summed E-state index contributed by atoms with van der Waals surface area (Å²) in [6, 6.07) is 9.78. The molecule has 0 aromatic heterocycles. The highest BCUT2D eigenvalue weighted by Gasteiger charge is 2.14. The number of phenolic OH excluding ortho intramolecular Hbond substituents is 1. The monoisotopic (exact) mass is 380 g/mol. The average molecular weight is 381 g/mol. The standard InChI is InChI=1S/C19H21ClO6/c1-24-17-6-3-12(7-18(17)25-2)8-19(23)26-11-15(21)9-13-4-5-14(20)10-16(13)22/h3-7,10,15,21-22H,8-9,11H2,1-2H3/t15-/m1/s1. The Morgan fingerprint density at radius 2 is 1.85 bits per heavy atom. The number of aliphatic hydroxyl groups is 1. The van der Waals surface area contributed by atoms with E-state index < -0.39 is 12.1 Å². The molecule has 140 valence electrons. The van der Waals surface area contributed by atoms with Gasteiger partial charge in [-0.05, 0) is 35.4 Å². The van der Waals surface area contributed by atoms with E-state index in [0.717, 1.165) is 0 Å². The zero-order valence-electron chi connectivity index (χ0n) is 14.6.